The molecule has 1 aliphatic heterocycles. The summed E-state index contributed by atoms with van der Waals surface area (Å²) in [6.45, 7) is 4.73. The van der Waals surface area contributed by atoms with Crippen molar-refractivity contribution in [1.29, 1.82) is 0 Å². The molecule has 0 radical (unpaired) electrons. The van der Waals surface area contributed by atoms with Crippen molar-refractivity contribution >= 4 is 57.5 Å². The Hall–Kier alpha value is -4.35. The van der Waals surface area contributed by atoms with E-state index in [1.807, 2.05) is 61.7 Å². The molecule has 1 aliphatic rings. The molecule has 0 amide bonds. The van der Waals surface area contributed by atoms with Gasteiger partial charge in [0.2, 0.25) is 0 Å². The maximum absolute atomic E-state index is 14.4. The molecule has 12 heteroatoms. The third kappa shape index (κ3) is 6.41. The van der Waals surface area contributed by atoms with Crippen molar-refractivity contribution in [2.24, 2.45) is 4.99 Å². The van der Waals surface area contributed by atoms with Crippen LogP contribution in [0.1, 0.15) is 36.6 Å². The highest BCUT2D eigenvalue weighted by atomic mass is 35.5. The highest BCUT2D eigenvalue weighted by Gasteiger charge is 2.36. The molecule has 0 N–H and O–H groups in total. The molecule has 0 saturated heterocycles. The van der Waals surface area contributed by atoms with E-state index in [2.05, 4.69) is 4.57 Å². The van der Waals surface area contributed by atoms with Crippen molar-refractivity contribution in [2.75, 3.05) is 34.0 Å². The van der Waals surface area contributed by atoms with Crippen molar-refractivity contribution < 1.29 is 23.7 Å². The van der Waals surface area contributed by atoms with Crippen LogP contribution in [-0.2, 0) is 20.8 Å². The third-order valence-electron chi connectivity index (χ3n) is 8.04. The topological polar surface area (TPSA) is 93.3 Å². The second kappa shape index (κ2) is 14.4. The number of benzene rings is 3. The van der Waals surface area contributed by atoms with Gasteiger partial charge in [-0.15, -0.1) is 0 Å². The van der Waals surface area contributed by atoms with E-state index in [0.717, 1.165) is 22.0 Å². The lowest BCUT2D eigenvalue weighted by atomic mass is 9.94. The average Bonchev–Trinajstić information content (AvgIpc) is 3.57. The van der Waals surface area contributed by atoms with Gasteiger partial charge in [-0.25, -0.2) is 9.79 Å². The standard InChI is InChI=1S/C36H33Cl2N3O6S/c1-5-46-33-26(10-8-12-29(33)45-4)32-31(35(43)47-16-15-44-3)21(2)39-36-41(32)34(42)30(48-36)17-23-20-40(28-11-7-6-9-25(23)28)19-22-13-14-24(37)18-27(22)38/h6-14,17-18,20,32H,5,15-16,19H2,1-4H3/b30-17+/t32-/m1/s1. The fourth-order valence-electron chi connectivity index (χ4n) is 5.88. The highest BCUT2D eigenvalue weighted by molar-refractivity contribution is 7.07. The molecular formula is C36H33Cl2N3O6S. The molecule has 9 nitrogen and oxygen atoms in total. The molecule has 2 aromatic heterocycles. The molecule has 248 valence electrons. The number of aromatic nitrogens is 2. The van der Waals surface area contributed by atoms with Crippen molar-refractivity contribution in [3.05, 3.63) is 125 Å². The van der Waals surface area contributed by atoms with Crippen LogP contribution in [0.15, 0.2) is 87.9 Å². The smallest absolute Gasteiger partial charge is 0.338 e. The van der Waals surface area contributed by atoms with E-state index in [1.54, 1.807) is 36.8 Å². The minimum absolute atomic E-state index is 0.0466. The summed E-state index contributed by atoms with van der Waals surface area (Å²) in [5, 5.41) is 2.11. The number of allylic oxidation sites excluding steroid dienone is 1. The molecule has 3 heterocycles. The molecule has 48 heavy (non-hydrogen) atoms. The van der Waals surface area contributed by atoms with Gasteiger partial charge in [0, 0.05) is 51.9 Å². The van der Waals surface area contributed by atoms with Crippen LogP contribution in [0.4, 0.5) is 0 Å². The number of carbonyl (C=O) groups excluding carboxylic acids is 1. The van der Waals surface area contributed by atoms with E-state index in [1.165, 1.54) is 18.4 Å². The van der Waals surface area contributed by atoms with E-state index >= 15 is 0 Å². The first-order valence-electron chi connectivity index (χ1n) is 15.3. The van der Waals surface area contributed by atoms with E-state index < -0.39 is 12.0 Å². The van der Waals surface area contributed by atoms with Gasteiger partial charge in [-0.3, -0.25) is 9.36 Å². The van der Waals surface area contributed by atoms with Gasteiger partial charge in [-0.2, -0.15) is 0 Å². The first-order chi connectivity index (χ1) is 23.2. The molecule has 0 unspecified atom stereocenters. The van der Waals surface area contributed by atoms with Gasteiger partial charge in [0.1, 0.15) is 12.6 Å². The van der Waals surface area contributed by atoms with Crippen LogP contribution in [0.25, 0.3) is 17.0 Å². The fraction of sp³-hybridized carbons (Fsp3) is 0.250. The van der Waals surface area contributed by atoms with Crippen molar-refractivity contribution in [3.8, 4) is 11.5 Å². The fourth-order valence-corrected chi connectivity index (χ4v) is 7.38. The van der Waals surface area contributed by atoms with Crippen LogP contribution in [-0.4, -0.2) is 49.1 Å². The maximum atomic E-state index is 14.4. The minimum atomic E-state index is -0.886. The zero-order chi connectivity index (χ0) is 33.9. The molecule has 3 aromatic carbocycles. The van der Waals surface area contributed by atoms with Crippen LogP contribution in [0.2, 0.25) is 10.0 Å². The Morgan fingerprint density at radius 1 is 1.06 bits per heavy atom. The number of rotatable bonds is 11. The summed E-state index contributed by atoms with van der Waals surface area (Å²) in [5.41, 5.74) is 3.69. The lowest BCUT2D eigenvalue weighted by Gasteiger charge is -2.27. The van der Waals surface area contributed by atoms with Crippen molar-refractivity contribution in [2.45, 2.75) is 26.4 Å². The monoisotopic (exact) mass is 705 g/mol. The summed E-state index contributed by atoms with van der Waals surface area (Å²) < 4.78 is 26.4. The zero-order valence-electron chi connectivity index (χ0n) is 26.8. The normalized spacial score (nSPS) is 14.6. The number of para-hydroxylation sites is 2. The number of carbonyl (C=O) groups is 1. The molecule has 0 spiro atoms. The first-order valence-corrected chi connectivity index (χ1v) is 16.8. The van der Waals surface area contributed by atoms with Gasteiger partial charge >= 0.3 is 5.97 Å². The van der Waals surface area contributed by atoms with Gasteiger partial charge in [-0.1, -0.05) is 70.9 Å². The summed E-state index contributed by atoms with van der Waals surface area (Å²) in [4.78, 5) is 33.3. The first kappa shape index (κ1) is 33.5. The second-order valence-electron chi connectivity index (χ2n) is 11.0. The number of hydrogen-bond acceptors (Lipinski definition) is 8. The predicted octanol–water partition coefficient (Wildman–Crippen LogP) is 6.14. The molecule has 0 saturated carbocycles. The Kier molecular flexibility index (Phi) is 10.1. The molecular weight excluding hydrogens is 673 g/mol. The SMILES string of the molecule is CCOc1c(OC)cccc1[C@@H]1C(C(=O)OCCOC)=C(C)N=c2s/c(=C/c3cn(Cc4ccc(Cl)cc4Cl)c4ccccc34)c(=O)n21. The Bertz CT molecular complexity index is 2240. The number of nitrogens with zero attached hydrogens (tertiary/aromatic N) is 3. The van der Waals surface area contributed by atoms with E-state index in [-0.39, 0.29) is 24.3 Å². The Morgan fingerprint density at radius 3 is 2.62 bits per heavy atom. The van der Waals surface area contributed by atoms with E-state index in [9.17, 15) is 9.59 Å². The van der Waals surface area contributed by atoms with Gasteiger partial charge in [0.05, 0.1) is 36.1 Å². The van der Waals surface area contributed by atoms with E-state index in [4.69, 9.17) is 47.1 Å². The van der Waals surface area contributed by atoms with Gasteiger partial charge in [0.15, 0.2) is 16.3 Å². The van der Waals surface area contributed by atoms with Crippen molar-refractivity contribution in [3.63, 3.8) is 0 Å². The number of methoxy groups -OCH3 is 2. The van der Waals surface area contributed by atoms with Crippen LogP contribution in [0, 0.1) is 0 Å². The highest BCUT2D eigenvalue weighted by Crippen LogP contribution is 2.41. The second-order valence-corrected chi connectivity index (χ2v) is 12.8. The Labute approximate surface area is 290 Å². The Balaban J connectivity index is 1.53. The van der Waals surface area contributed by atoms with E-state index in [0.29, 0.717) is 55.3 Å². The molecule has 5 aromatic rings. The van der Waals surface area contributed by atoms with Crippen molar-refractivity contribution in [1.82, 2.24) is 9.13 Å². The molecule has 6 rings (SSSR count). The summed E-state index contributed by atoms with van der Waals surface area (Å²) in [6, 6.07) is 18.0. The number of thiazole rings is 1. The average molecular weight is 707 g/mol. The van der Waals surface area contributed by atoms with Crippen LogP contribution >= 0.6 is 34.5 Å². The molecule has 0 aliphatic carbocycles. The summed E-state index contributed by atoms with van der Waals surface area (Å²) in [5.74, 6) is 0.316. The number of hydrogen-bond donors (Lipinski definition) is 0. The maximum Gasteiger partial charge on any atom is 0.338 e. The van der Waals surface area contributed by atoms with Gasteiger partial charge in [-0.05, 0) is 49.8 Å². The third-order valence-corrected chi connectivity index (χ3v) is 9.61. The molecule has 0 bridgehead atoms. The zero-order valence-corrected chi connectivity index (χ0v) is 29.1. The van der Waals surface area contributed by atoms with Gasteiger partial charge in [0.25, 0.3) is 5.56 Å². The molecule has 1 atom stereocenters. The number of esters is 1. The lowest BCUT2D eigenvalue weighted by Crippen LogP contribution is -2.40. The predicted molar refractivity (Wildman–Crippen MR) is 188 cm³/mol. The van der Waals surface area contributed by atoms with Crippen LogP contribution < -0.4 is 24.4 Å². The number of halogens is 2. The number of fused-ring (bicyclic) bond motifs is 2. The summed E-state index contributed by atoms with van der Waals surface area (Å²) >= 11 is 13.9. The minimum Gasteiger partial charge on any atom is -0.493 e. The summed E-state index contributed by atoms with van der Waals surface area (Å²) in [6.07, 6.45) is 3.87. The number of ether oxygens (including phenoxy) is 4. The lowest BCUT2D eigenvalue weighted by molar-refractivity contribution is -0.140. The Morgan fingerprint density at radius 2 is 1.88 bits per heavy atom. The molecule has 0 fully saturated rings. The quantitative estimate of drug-likeness (QED) is 0.121. The largest absolute Gasteiger partial charge is 0.493 e. The van der Waals surface area contributed by atoms with Crippen LogP contribution in [0.3, 0.4) is 0 Å². The van der Waals surface area contributed by atoms with Gasteiger partial charge < -0.3 is 23.5 Å². The van der Waals surface area contributed by atoms with Crippen LogP contribution in [0.5, 0.6) is 11.5 Å². The summed E-state index contributed by atoms with van der Waals surface area (Å²) in [7, 11) is 3.08.